The topological polar surface area (TPSA) is 72.8 Å². The number of sulfone groups is 1. The Bertz CT molecular complexity index is 888. The molecule has 0 amide bonds. The van der Waals surface area contributed by atoms with E-state index in [-0.39, 0.29) is 24.2 Å². The van der Waals surface area contributed by atoms with Gasteiger partial charge in [0.25, 0.3) is 0 Å². The minimum absolute atomic E-state index is 0.0607. The van der Waals surface area contributed by atoms with E-state index < -0.39 is 20.9 Å². The van der Waals surface area contributed by atoms with Crippen molar-refractivity contribution in [3.8, 4) is 5.75 Å². The fraction of sp³-hybridized carbons (Fsp3) is 0.524. The molecular formula is C21H27FO5S. The fourth-order valence-corrected chi connectivity index (χ4v) is 5.99. The maximum atomic E-state index is 13.6. The Hall–Kier alpha value is -1.70. The Morgan fingerprint density at radius 2 is 2.18 bits per heavy atom. The zero-order valence-corrected chi connectivity index (χ0v) is 17.1. The Morgan fingerprint density at radius 1 is 1.39 bits per heavy atom. The zero-order valence-electron chi connectivity index (χ0n) is 16.3. The molecule has 0 aromatic heterocycles. The summed E-state index contributed by atoms with van der Waals surface area (Å²) in [5, 5.41) is 8.81. The lowest BCUT2D eigenvalue weighted by atomic mass is 9.95. The van der Waals surface area contributed by atoms with Crippen molar-refractivity contribution in [2.24, 2.45) is 0 Å². The van der Waals surface area contributed by atoms with Gasteiger partial charge >= 0.3 is 0 Å². The summed E-state index contributed by atoms with van der Waals surface area (Å²) in [6.07, 6.45) is 4.95. The second-order valence-electron chi connectivity index (χ2n) is 7.41. The Balaban J connectivity index is 1.75. The molecule has 0 spiro atoms. The van der Waals surface area contributed by atoms with E-state index in [0.717, 1.165) is 36.0 Å². The molecule has 0 saturated carbocycles. The number of allylic oxidation sites excluding steroid dienone is 1. The molecule has 2 aliphatic rings. The summed E-state index contributed by atoms with van der Waals surface area (Å²) in [6, 6.07) is 4.34. The second-order valence-corrected chi connectivity index (χ2v) is 9.60. The largest absolute Gasteiger partial charge is 0.505 e. The van der Waals surface area contributed by atoms with Gasteiger partial charge in [-0.15, -0.1) is 0 Å². The number of methoxy groups -OCH3 is 1. The van der Waals surface area contributed by atoms with Crippen LogP contribution in [0.5, 0.6) is 5.75 Å². The standard InChI is InChI=1S/C21H27FO5S/c1-3-4-14(9-15-5-7-18(23)17(22)10-15)6-8-19-21-16(11-26-2)13-28(24,25)20(21)12-27-19/h5,7,9-10,19-20,23H,3-4,6,8,11-13H2,1-2H3/b14-9+/t19-,20+/m1/s1. The Morgan fingerprint density at radius 3 is 2.86 bits per heavy atom. The van der Waals surface area contributed by atoms with Gasteiger partial charge in [-0.05, 0) is 48.1 Å². The van der Waals surface area contributed by atoms with Crippen LogP contribution in [0.25, 0.3) is 6.08 Å². The highest BCUT2D eigenvalue weighted by molar-refractivity contribution is 7.92. The van der Waals surface area contributed by atoms with Crippen molar-refractivity contribution < 1.29 is 27.4 Å². The first-order valence-corrected chi connectivity index (χ1v) is 11.3. The minimum Gasteiger partial charge on any atom is -0.505 e. The molecule has 0 unspecified atom stereocenters. The molecule has 7 heteroatoms. The fourth-order valence-electron chi connectivity index (χ4n) is 4.06. The highest BCUT2D eigenvalue weighted by Crippen LogP contribution is 2.38. The molecule has 1 saturated heterocycles. The average Bonchev–Trinajstić information content (AvgIpc) is 3.17. The van der Waals surface area contributed by atoms with E-state index >= 15 is 0 Å². The number of benzene rings is 1. The van der Waals surface area contributed by atoms with Crippen LogP contribution in [0.15, 0.2) is 34.9 Å². The van der Waals surface area contributed by atoms with Gasteiger partial charge in [-0.2, -0.15) is 0 Å². The van der Waals surface area contributed by atoms with Gasteiger partial charge in [0.2, 0.25) is 0 Å². The lowest BCUT2D eigenvalue weighted by Gasteiger charge is -2.15. The number of phenolic OH excluding ortho intramolecular Hbond substituents is 1. The molecule has 0 aliphatic carbocycles. The lowest BCUT2D eigenvalue weighted by molar-refractivity contribution is 0.116. The summed E-state index contributed by atoms with van der Waals surface area (Å²) in [7, 11) is -1.63. The van der Waals surface area contributed by atoms with Gasteiger partial charge in [0.05, 0.1) is 25.1 Å². The number of aromatic hydroxyl groups is 1. The second kappa shape index (κ2) is 8.76. The van der Waals surface area contributed by atoms with E-state index in [4.69, 9.17) is 9.47 Å². The minimum atomic E-state index is -3.19. The van der Waals surface area contributed by atoms with Crippen LogP contribution in [0.4, 0.5) is 4.39 Å². The van der Waals surface area contributed by atoms with Crippen LogP contribution in [-0.4, -0.2) is 51.0 Å². The van der Waals surface area contributed by atoms with Crippen LogP contribution < -0.4 is 0 Å². The van der Waals surface area contributed by atoms with Crippen LogP contribution in [0.3, 0.4) is 0 Å². The number of ether oxygens (including phenoxy) is 2. The van der Waals surface area contributed by atoms with Gasteiger partial charge in [-0.25, -0.2) is 12.8 Å². The van der Waals surface area contributed by atoms with Gasteiger partial charge in [-0.1, -0.05) is 31.1 Å². The maximum Gasteiger partial charge on any atom is 0.165 e. The van der Waals surface area contributed by atoms with E-state index in [1.54, 1.807) is 13.2 Å². The molecule has 28 heavy (non-hydrogen) atoms. The van der Waals surface area contributed by atoms with Gasteiger partial charge in [0, 0.05) is 7.11 Å². The van der Waals surface area contributed by atoms with Crippen molar-refractivity contribution in [3.05, 3.63) is 46.3 Å². The summed E-state index contributed by atoms with van der Waals surface area (Å²) in [5.41, 5.74) is 3.56. The first-order chi connectivity index (χ1) is 13.4. The van der Waals surface area contributed by atoms with Crippen LogP contribution in [0.1, 0.15) is 38.2 Å². The maximum absolute atomic E-state index is 13.6. The predicted octanol–water partition coefficient (Wildman–Crippen LogP) is 3.63. The summed E-state index contributed by atoms with van der Waals surface area (Å²) >= 11 is 0. The summed E-state index contributed by atoms with van der Waals surface area (Å²) in [6.45, 7) is 2.61. The molecule has 5 nitrogen and oxygen atoms in total. The Labute approximate surface area is 165 Å². The third kappa shape index (κ3) is 4.47. The monoisotopic (exact) mass is 410 g/mol. The number of hydrogen-bond donors (Lipinski definition) is 1. The quantitative estimate of drug-likeness (QED) is 0.663. The van der Waals surface area contributed by atoms with Gasteiger partial charge in [0.15, 0.2) is 21.4 Å². The van der Waals surface area contributed by atoms with Crippen molar-refractivity contribution in [1.29, 1.82) is 0 Å². The van der Waals surface area contributed by atoms with Crippen LogP contribution >= 0.6 is 0 Å². The highest BCUT2D eigenvalue weighted by Gasteiger charge is 2.46. The molecule has 2 aliphatic heterocycles. The number of phenols is 1. The van der Waals surface area contributed by atoms with E-state index in [0.29, 0.717) is 18.6 Å². The van der Waals surface area contributed by atoms with Gasteiger partial charge < -0.3 is 14.6 Å². The van der Waals surface area contributed by atoms with Crippen molar-refractivity contribution in [2.75, 3.05) is 26.1 Å². The van der Waals surface area contributed by atoms with Crippen molar-refractivity contribution in [3.63, 3.8) is 0 Å². The lowest BCUT2D eigenvalue weighted by Crippen LogP contribution is -2.19. The van der Waals surface area contributed by atoms with E-state index in [1.165, 1.54) is 12.1 Å². The molecule has 0 bridgehead atoms. The normalized spacial score (nSPS) is 24.0. The third-order valence-corrected chi connectivity index (χ3v) is 7.33. The summed E-state index contributed by atoms with van der Waals surface area (Å²) in [4.78, 5) is 0. The zero-order chi connectivity index (χ0) is 20.3. The summed E-state index contributed by atoms with van der Waals surface area (Å²) < 4.78 is 49.4. The average molecular weight is 411 g/mol. The smallest absolute Gasteiger partial charge is 0.165 e. The number of rotatable bonds is 8. The van der Waals surface area contributed by atoms with Crippen molar-refractivity contribution in [1.82, 2.24) is 0 Å². The molecule has 3 rings (SSSR count). The van der Waals surface area contributed by atoms with Crippen molar-refractivity contribution >= 4 is 15.9 Å². The van der Waals surface area contributed by atoms with Crippen LogP contribution in [0, 0.1) is 5.82 Å². The first-order valence-electron chi connectivity index (χ1n) is 9.57. The van der Waals surface area contributed by atoms with Crippen molar-refractivity contribution in [2.45, 2.75) is 44.0 Å². The molecule has 154 valence electrons. The summed E-state index contributed by atoms with van der Waals surface area (Å²) in [5.74, 6) is -0.942. The van der Waals surface area contributed by atoms with Crippen LogP contribution in [-0.2, 0) is 19.3 Å². The number of hydrogen-bond acceptors (Lipinski definition) is 5. The number of fused-ring (bicyclic) bond motifs is 1. The van der Waals surface area contributed by atoms with Gasteiger partial charge in [-0.3, -0.25) is 0 Å². The molecule has 1 N–H and O–H groups in total. The molecule has 1 aromatic carbocycles. The molecule has 1 aromatic rings. The van der Waals surface area contributed by atoms with Crippen LogP contribution in [0.2, 0.25) is 0 Å². The third-order valence-electron chi connectivity index (χ3n) is 5.32. The van der Waals surface area contributed by atoms with E-state index in [9.17, 15) is 17.9 Å². The SMILES string of the molecule is CCC/C(=C\c1ccc(O)c(F)c1)CC[C@H]1OC[C@H]2C1=C(COC)CS2(=O)=O. The molecule has 1 fully saturated rings. The van der Waals surface area contributed by atoms with Gasteiger partial charge in [0.1, 0.15) is 5.25 Å². The molecule has 2 atom stereocenters. The number of halogens is 1. The highest BCUT2D eigenvalue weighted by atomic mass is 32.2. The molecule has 2 heterocycles. The van der Waals surface area contributed by atoms with E-state index in [2.05, 4.69) is 6.92 Å². The molecular weight excluding hydrogens is 383 g/mol. The first kappa shape index (κ1) is 21.0. The Kier molecular flexibility index (Phi) is 6.58. The predicted molar refractivity (Wildman–Crippen MR) is 106 cm³/mol. The molecule has 0 radical (unpaired) electrons. The van der Waals surface area contributed by atoms with E-state index in [1.807, 2.05) is 6.08 Å².